The summed E-state index contributed by atoms with van der Waals surface area (Å²) < 4.78 is 44.4. The maximum atomic E-state index is 13.5. The van der Waals surface area contributed by atoms with Crippen molar-refractivity contribution in [2.45, 2.75) is 31.7 Å². The molecular formula is C21H20FN3O4S. The first kappa shape index (κ1) is 19.2. The van der Waals surface area contributed by atoms with Gasteiger partial charge in [0, 0.05) is 11.3 Å². The van der Waals surface area contributed by atoms with Crippen LogP contribution in [-0.4, -0.2) is 47.8 Å². The standard InChI is InChI=1S/C21H20FN3O4S/c1-29-21(26)17-15-3-2-4-16(15)23-20-18(17)19(12-5-7-13(22)8-6-12)24-25(20)14-9-10-30(27,28)11-14/h5-8,14H,2-4,9-11H2,1H3/t14-/m0/s1. The molecule has 9 heteroatoms. The van der Waals surface area contributed by atoms with Gasteiger partial charge >= 0.3 is 5.97 Å². The van der Waals surface area contributed by atoms with Crippen molar-refractivity contribution in [2.24, 2.45) is 0 Å². The molecule has 0 spiro atoms. The third-order valence-electron chi connectivity index (χ3n) is 5.93. The Hall–Kier alpha value is -2.81. The monoisotopic (exact) mass is 429 g/mol. The van der Waals surface area contributed by atoms with Gasteiger partial charge in [-0.1, -0.05) is 0 Å². The fraction of sp³-hybridized carbons (Fsp3) is 0.381. The van der Waals surface area contributed by atoms with Crippen molar-refractivity contribution in [1.29, 1.82) is 0 Å². The Morgan fingerprint density at radius 2 is 2.00 bits per heavy atom. The van der Waals surface area contributed by atoms with Crippen LogP contribution in [0.1, 0.15) is 40.5 Å². The van der Waals surface area contributed by atoms with E-state index >= 15 is 0 Å². The summed E-state index contributed by atoms with van der Waals surface area (Å²) in [5.74, 6) is -0.766. The van der Waals surface area contributed by atoms with Gasteiger partial charge < -0.3 is 4.74 Å². The number of benzene rings is 1. The van der Waals surface area contributed by atoms with Crippen molar-refractivity contribution in [3.63, 3.8) is 0 Å². The number of hydrogen-bond acceptors (Lipinski definition) is 6. The zero-order chi connectivity index (χ0) is 21.0. The van der Waals surface area contributed by atoms with Crippen molar-refractivity contribution in [3.8, 4) is 11.3 Å². The van der Waals surface area contributed by atoms with Gasteiger partial charge in [0.15, 0.2) is 15.5 Å². The first-order valence-electron chi connectivity index (χ1n) is 9.86. The van der Waals surface area contributed by atoms with Crippen LogP contribution in [0.3, 0.4) is 0 Å². The van der Waals surface area contributed by atoms with Gasteiger partial charge in [-0.15, -0.1) is 0 Å². The average molecular weight is 429 g/mol. The number of rotatable bonds is 3. The van der Waals surface area contributed by atoms with Crippen LogP contribution in [-0.2, 0) is 27.4 Å². The Bertz CT molecular complexity index is 1280. The molecule has 3 aromatic rings. The Balaban J connectivity index is 1.84. The molecule has 2 aromatic heterocycles. The maximum absolute atomic E-state index is 13.5. The summed E-state index contributed by atoms with van der Waals surface area (Å²) in [6.45, 7) is 0. The first-order chi connectivity index (χ1) is 14.4. The molecule has 7 nitrogen and oxygen atoms in total. The fourth-order valence-electron chi connectivity index (χ4n) is 4.52. The number of pyridine rings is 1. The Kier molecular flexibility index (Phi) is 4.39. The van der Waals surface area contributed by atoms with Gasteiger partial charge in [0.2, 0.25) is 0 Å². The predicted octanol–water partition coefficient (Wildman–Crippen LogP) is 2.87. The van der Waals surface area contributed by atoms with Crippen molar-refractivity contribution < 1.29 is 22.3 Å². The molecule has 30 heavy (non-hydrogen) atoms. The number of hydrogen-bond donors (Lipinski definition) is 0. The third kappa shape index (κ3) is 2.99. The van der Waals surface area contributed by atoms with Gasteiger partial charge in [-0.05, 0) is 55.5 Å². The fourth-order valence-corrected chi connectivity index (χ4v) is 6.21. The minimum Gasteiger partial charge on any atom is -0.465 e. The predicted molar refractivity (Wildman–Crippen MR) is 109 cm³/mol. The van der Waals surface area contributed by atoms with Crippen LogP contribution in [0.5, 0.6) is 0 Å². The second kappa shape index (κ2) is 6.87. The lowest BCUT2D eigenvalue weighted by molar-refractivity contribution is 0.0601. The largest absolute Gasteiger partial charge is 0.465 e. The highest BCUT2D eigenvalue weighted by Crippen LogP contribution is 2.38. The van der Waals surface area contributed by atoms with Crippen LogP contribution in [0.25, 0.3) is 22.3 Å². The van der Waals surface area contributed by atoms with Gasteiger partial charge in [-0.3, -0.25) is 0 Å². The number of carbonyl (C=O) groups is 1. The Morgan fingerprint density at radius 3 is 2.67 bits per heavy atom. The van der Waals surface area contributed by atoms with E-state index in [9.17, 15) is 17.6 Å². The van der Waals surface area contributed by atoms with E-state index < -0.39 is 15.8 Å². The number of aromatic nitrogens is 3. The minimum atomic E-state index is -3.15. The molecule has 0 bridgehead atoms. The van der Waals surface area contributed by atoms with Gasteiger partial charge in [0.1, 0.15) is 11.5 Å². The molecular weight excluding hydrogens is 409 g/mol. The van der Waals surface area contributed by atoms with Crippen LogP contribution in [0.15, 0.2) is 24.3 Å². The van der Waals surface area contributed by atoms with E-state index in [0.717, 1.165) is 24.1 Å². The summed E-state index contributed by atoms with van der Waals surface area (Å²) in [6, 6.07) is 5.50. The lowest BCUT2D eigenvalue weighted by atomic mass is 9.99. The third-order valence-corrected chi connectivity index (χ3v) is 7.68. The summed E-state index contributed by atoms with van der Waals surface area (Å²) in [5, 5.41) is 5.25. The number of fused-ring (bicyclic) bond motifs is 2. The molecule has 0 N–H and O–H groups in total. The molecule has 0 radical (unpaired) electrons. The van der Waals surface area contributed by atoms with Gasteiger partial charge in [0.25, 0.3) is 0 Å². The summed E-state index contributed by atoms with van der Waals surface area (Å²) in [5.41, 5.74) is 3.72. The smallest absolute Gasteiger partial charge is 0.339 e. The van der Waals surface area contributed by atoms with E-state index in [1.807, 2.05) is 0 Å². The van der Waals surface area contributed by atoms with Gasteiger partial charge in [0.05, 0.1) is 35.6 Å². The highest BCUT2D eigenvalue weighted by Gasteiger charge is 2.35. The Morgan fingerprint density at radius 1 is 1.23 bits per heavy atom. The summed E-state index contributed by atoms with van der Waals surface area (Å²) in [6.07, 6.45) is 2.79. The van der Waals surface area contributed by atoms with E-state index in [4.69, 9.17) is 14.8 Å². The van der Waals surface area contributed by atoms with Crippen LogP contribution >= 0.6 is 0 Å². The zero-order valence-corrected chi connectivity index (χ0v) is 17.2. The molecule has 1 atom stereocenters. The molecule has 1 aliphatic carbocycles. The van der Waals surface area contributed by atoms with E-state index in [1.165, 1.54) is 19.2 Å². The molecule has 3 heterocycles. The zero-order valence-electron chi connectivity index (χ0n) is 16.4. The number of esters is 1. The topological polar surface area (TPSA) is 91.2 Å². The number of nitrogens with zero attached hydrogens (tertiary/aromatic N) is 3. The number of carbonyl (C=O) groups excluding carboxylic acids is 1. The first-order valence-corrected chi connectivity index (χ1v) is 11.7. The number of methoxy groups -OCH3 is 1. The van der Waals surface area contributed by atoms with Crippen LogP contribution < -0.4 is 0 Å². The quantitative estimate of drug-likeness (QED) is 0.595. The second-order valence-corrected chi connectivity index (χ2v) is 10.0. The molecule has 5 rings (SSSR count). The molecule has 2 aliphatic rings. The molecule has 1 saturated heterocycles. The molecule has 156 valence electrons. The molecule has 1 aliphatic heterocycles. The van der Waals surface area contributed by atoms with E-state index in [2.05, 4.69) is 0 Å². The maximum Gasteiger partial charge on any atom is 0.339 e. The van der Waals surface area contributed by atoms with Crippen LogP contribution in [0, 0.1) is 5.82 Å². The van der Waals surface area contributed by atoms with Gasteiger partial charge in [-0.2, -0.15) is 5.10 Å². The van der Waals surface area contributed by atoms with Crippen molar-refractivity contribution in [1.82, 2.24) is 14.8 Å². The van der Waals surface area contributed by atoms with Crippen molar-refractivity contribution in [3.05, 3.63) is 46.9 Å². The SMILES string of the molecule is COC(=O)c1c2c(nc3c1c(-c1ccc(F)cc1)nn3[C@H]1CCS(=O)(=O)C1)CCC2. The van der Waals surface area contributed by atoms with E-state index in [1.54, 1.807) is 16.8 Å². The molecule has 1 fully saturated rings. The van der Waals surface area contributed by atoms with Gasteiger partial charge in [-0.25, -0.2) is 27.3 Å². The molecule has 0 saturated carbocycles. The molecule has 0 unspecified atom stereocenters. The highest BCUT2D eigenvalue weighted by atomic mass is 32.2. The highest BCUT2D eigenvalue weighted by molar-refractivity contribution is 7.91. The number of sulfone groups is 1. The molecule has 1 aromatic carbocycles. The Labute approximate surface area is 172 Å². The second-order valence-electron chi connectivity index (χ2n) is 7.81. The summed E-state index contributed by atoms with van der Waals surface area (Å²) in [4.78, 5) is 17.6. The van der Waals surface area contributed by atoms with Crippen molar-refractivity contribution >= 4 is 26.8 Å². The van der Waals surface area contributed by atoms with Crippen LogP contribution in [0.2, 0.25) is 0 Å². The lowest BCUT2D eigenvalue weighted by Crippen LogP contribution is -2.14. The number of ether oxygens (including phenoxy) is 1. The molecule has 0 amide bonds. The average Bonchev–Trinajstić information content (AvgIpc) is 3.43. The summed E-state index contributed by atoms with van der Waals surface area (Å²) >= 11 is 0. The summed E-state index contributed by atoms with van der Waals surface area (Å²) in [7, 11) is -1.81. The number of aryl methyl sites for hydroxylation is 1. The van der Waals surface area contributed by atoms with E-state index in [0.29, 0.717) is 40.7 Å². The normalized spacial score (nSPS) is 19.9. The van der Waals surface area contributed by atoms with Crippen molar-refractivity contribution in [2.75, 3.05) is 18.6 Å². The van der Waals surface area contributed by atoms with E-state index in [-0.39, 0.29) is 23.4 Å². The minimum absolute atomic E-state index is 0.0149. The number of halogens is 1. The van der Waals surface area contributed by atoms with Crippen LogP contribution in [0.4, 0.5) is 4.39 Å². The lowest BCUT2D eigenvalue weighted by Gasteiger charge is -2.12.